The van der Waals surface area contributed by atoms with Gasteiger partial charge in [0.15, 0.2) is 0 Å². The van der Waals surface area contributed by atoms with Gasteiger partial charge >= 0.3 is 0 Å². The highest BCUT2D eigenvalue weighted by atomic mass is 16.5. The summed E-state index contributed by atoms with van der Waals surface area (Å²) in [6, 6.07) is 8.32. The number of benzene rings is 1. The van der Waals surface area contributed by atoms with Gasteiger partial charge in [0.25, 0.3) is 0 Å². The van der Waals surface area contributed by atoms with Gasteiger partial charge in [-0.15, -0.1) is 0 Å². The molecule has 2 unspecified atom stereocenters. The van der Waals surface area contributed by atoms with E-state index in [9.17, 15) is 9.90 Å². The molecule has 1 aromatic rings. The lowest BCUT2D eigenvalue weighted by Gasteiger charge is -2.56. The Kier molecular flexibility index (Phi) is 5.26. The van der Waals surface area contributed by atoms with Crippen LogP contribution < -0.4 is 0 Å². The second-order valence-corrected chi connectivity index (χ2v) is 7.16. The molecule has 1 amide bonds. The summed E-state index contributed by atoms with van der Waals surface area (Å²) in [6.45, 7) is 6.28. The van der Waals surface area contributed by atoms with Gasteiger partial charge in [0.1, 0.15) is 0 Å². The third-order valence-corrected chi connectivity index (χ3v) is 5.94. The largest absolute Gasteiger partial charge is 0.392 e. The van der Waals surface area contributed by atoms with Crippen LogP contribution in [-0.2, 0) is 22.4 Å². The summed E-state index contributed by atoms with van der Waals surface area (Å²) in [5, 5.41) is 10.2. The lowest BCUT2D eigenvalue weighted by atomic mass is 9.58. The minimum absolute atomic E-state index is 0.116. The van der Waals surface area contributed by atoms with Gasteiger partial charge in [-0.25, -0.2) is 0 Å². The van der Waals surface area contributed by atoms with Crippen LogP contribution in [0.4, 0.5) is 0 Å². The number of likely N-dealkylation sites (tertiary alicyclic amines) is 1. The minimum atomic E-state index is -0.270. The molecule has 2 atom stereocenters. The topological polar surface area (TPSA) is 49.8 Å². The number of ether oxygens (including phenoxy) is 1. The molecule has 1 aliphatic heterocycles. The molecule has 1 saturated carbocycles. The molecule has 1 aromatic carbocycles. The molecular formula is C20H29NO3. The van der Waals surface area contributed by atoms with Gasteiger partial charge in [0, 0.05) is 31.5 Å². The zero-order chi connectivity index (χ0) is 17.2. The Hall–Kier alpha value is -1.39. The van der Waals surface area contributed by atoms with Gasteiger partial charge in [-0.1, -0.05) is 31.2 Å². The average Bonchev–Trinajstić information content (AvgIpc) is 2.62. The summed E-state index contributed by atoms with van der Waals surface area (Å²) >= 11 is 0. The van der Waals surface area contributed by atoms with E-state index in [4.69, 9.17) is 4.74 Å². The van der Waals surface area contributed by atoms with Gasteiger partial charge in [-0.05, 0) is 37.3 Å². The van der Waals surface area contributed by atoms with E-state index in [1.807, 2.05) is 11.8 Å². The first kappa shape index (κ1) is 17.4. The second-order valence-electron chi connectivity index (χ2n) is 7.16. The fourth-order valence-electron chi connectivity index (χ4n) is 4.17. The molecule has 1 aliphatic carbocycles. The predicted octanol–water partition coefficient (Wildman–Crippen LogP) is 2.57. The molecule has 1 N–H and O–H groups in total. The first-order valence-electron chi connectivity index (χ1n) is 9.24. The van der Waals surface area contributed by atoms with Crippen LogP contribution in [0.25, 0.3) is 0 Å². The minimum Gasteiger partial charge on any atom is -0.392 e. The maximum absolute atomic E-state index is 12.6. The van der Waals surface area contributed by atoms with Crippen LogP contribution in [0.2, 0.25) is 0 Å². The molecule has 4 heteroatoms. The SMILES string of the molecule is CCOC1CC(O)C12CCN(C(=O)Cc1ccc(CC)cc1)CC2. The fourth-order valence-corrected chi connectivity index (χ4v) is 4.17. The van der Waals surface area contributed by atoms with Crippen LogP contribution >= 0.6 is 0 Å². The number of carbonyl (C=O) groups excluding carboxylic acids is 1. The number of rotatable bonds is 5. The number of carbonyl (C=O) groups is 1. The van der Waals surface area contributed by atoms with Gasteiger partial charge in [0.05, 0.1) is 18.6 Å². The summed E-state index contributed by atoms with van der Waals surface area (Å²) < 4.78 is 5.79. The smallest absolute Gasteiger partial charge is 0.226 e. The number of aryl methyl sites for hydroxylation is 1. The predicted molar refractivity (Wildman–Crippen MR) is 93.8 cm³/mol. The molecule has 132 valence electrons. The van der Waals surface area contributed by atoms with Crippen molar-refractivity contribution in [3.63, 3.8) is 0 Å². The first-order valence-corrected chi connectivity index (χ1v) is 9.24. The van der Waals surface area contributed by atoms with Crippen molar-refractivity contribution in [1.82, 2.24) is 4.90 Å². The van der Waals surface area contributed by atoms with Gasteiger partial charge in [0.2, 0.25) is 5.91 Å². The maximum atomic E-state index is 12.6. The van der Waals surface area contributed by atoms with E-state index in [1.54, 1.807) is 0 Å². The normalized spacial score (nSPS) is 25.5. The Morgan fingerprint density at radius 1 is 1.21 bits per heavy atom. The summed E-state index contributed by atoms with van der Waals surface area (Å²) in [7, 11) is 0. The standard InChI is InChI=1S/C20H29NO3/c1-3-15-5-7-16(8-6-15)13-19(23)21-11-9-20(10-12-21)17(22)14-18(20)24-4-2/h5-8,17-18,22H,3-4,9-14H2,1-2H3. The van der Waals surface area contributed by atoms with Crippen LogP contribution in [0.15, 0.2) is 24.3 Å². The Morgan fingerprint density at radius 2 is 1.83 bits per heavy atom. The molecule has 0 radical (unpaired) electrons. The third kappa shape index (κ3) is 3.22. The van der Waals surface area contributed by atoms with Crippen LogP contribution in [0, 0.1) is 5.41 Å². The molecule has 2 fully saturated rings. The van der Waals surface area contributed by atoms with Crippen molar-refractivity contribution in [1.29, 1.82) is 0 Å². The quantitative estimate of drug-likeness (QED) is 0.902. The van der Waals surface area contributed by atoms with Gasteiger partial charge in [-0.2, -0.15) is 0 Å². The van der Waals surface area contributed by atoms with Crippen molar-refractivity contribution >= 4 is 5.91 Å². The number of aliphatic hydroxyl groups excluding tert-OH is 1. The molecule has 1 heterocycles. The second kappa shape index (κ2) is 7.24. The molecule has 1 saturated heterocycles. The first-order chi connectivity index (χ1) is 11.6. The number of aliphatic hydroxyl groups is 1. The maximum Gasteiger partial charge on any atom is 0.226 e. The molecule has 0 aromatic heterocycles. The Labute approximate surface area is 144 Å². The van der Waals surface area contributed by atoms with Gasteiger partial charge in [-0.3, -0.25) is 4.79 Å². The number of hydrogen-bond acceptors (Lipinski definition) is 3. The molecule has 24 heavy (non-hydrogen) atoms. The fraction of sp³-hybridized carbons (Fsp3) is 0.650. The highest BCUT2D eigenvalue weighted by Crippen LogP contribution is 2.50. The summed E-state index contributed by atoms with van der Waals surface area (Å²) in [4.78, 5) is 14.5. The Bertz CT molecular complexity index is 559. The van der Waals surface area contributed by atoms with E-state index in [0.29, 0.717) is 13.0 Å². The van der Waals surface area contributed by atoms with Crippen molar-refractivity contribution in [2.75, 3.05) is 19.7 Å². The van der Waals surface area contributed by atoms with Crippen LogP contribution in [0.5, 0.6) is 0 Å². The van der Waals surface area contributed by atoms with Crippen LogP contribution in [-0.4, -0.2) is 47.8 Å². The van der Waals surface area contributed by atoms with E-state index < -0.39 is 0 Å². The summed E-state index contributed by atoms with van der Waals surface area (Å²) in [5.74, 6) is 0.191. The number of nitrogens with zero attached hydrogens (tertiary/aromatic N) is 1. The van der Waals surface area contributed by atoms with E-state index in [-0.39, 0.29) is 23.5 Å². The Morgan fingerprint density at radius 3 is 2.38 bits per heavy atom. The van der Waals surface area contributed by atoms with Crippen molar-refractivity contribution < 1.29 is 14.6 Å². The monoisotopic (exact) mass is 331 g/mol. The molecule has 0 bridgehead atoms. The highest BCUT2D eigenvalue weighted by Gasteiger charge is 2.56. The average molecular weight is 331 g/mol. The van der Waals surface area contributed by atoms with E-state index >= 15 is 0 Å². The highest BCUT2D eigenvalue weighted by molar-refractivity contribution is 5.78. The Balaban J connectivity index is 1.55. The van der Waals surface area contributed by atoms with Crippen molar-refractivity contribution in [2.24, 2.45) is 5.41 Å². The van der Waals surface area contributed by atoms with Crippen molar-refractivity contribution in [2.45, 2.75) is 58.2 Å². The van der Waals surface area contributed by atoms with E-state index in [2.05, 4.69) is 31.2 Å². The van der Waals surface area contributed by atoms with Crippen LogP contribution in [0.1, 0.15) is 44.2 Å². The molecular weight excluding hydrogens is 302 g/mol. The van der Waals surface area contributed by atoms with E-state index in [0.717, 1.165) is 44.3 Å². The molecule has 4 nitrogen and oxygen atoms in total. The van der Waals surface area contributed by atoms with Gasteiger partial charge < -0.3 is 14.7 Å². The number of hydrogen-bond donors (Lipinski definition) is 1. The molecule has 1 spiro atoms. The van der Waals surface area contributed by atoms with Crippen LogP contribution in [0.3, 0.4) is 0 Å². The lowest BCUT2D eigenvalue weighted by Crippen LogP contribution is -2.62. The molecule has 2 aliphatic rings. The van der Waals surface area contributed by atoms with E-state index in [1.165, 1.54) is 5.56 Å². The summed E-state index contributed by atoms with van der Waals surface area (Å²) in [6.07, 6.45) is 3.81. The lowest BCUT2D eigenvalue weighted by molar-refractivity contribution is -0.210. The number of piperidine rings is 1. The zero-order valence-electron chi connectivity index (χ0n) is 14.8. The molecule has 3 rings (SSSR count). The van der Waals surface area contributed by atoms with Crippen molar-refractivity contribution in [3.05, 3.63) is 35.4 Å². The third-order valence-electron chi connectivity index (χ3n) is 5.94. The number of amides is 1. The zero-order valence-corrected chi connectivity index (χ0v) is 14.8. The summed E-state index contributed by atoms with van der Waals surface area (Å²) in [5.41, 5.74) is 2.26. The van der Waals surface area contributed by atoms with Crippen molar-refractivity contribution in [3.8, 4) is 0 Å².